The second kappa shape index (κ2) is 14.8. The molecule has 6 heteroatoms. The first-order chi connectivity index (χ1) is 14.6. The zero-order chi connectivity index (χ0) is 23.3. The van der Waals surface area contributed by atoms with Crippen molar-refractivity contribution in [3.63, 3.8) is 0 Å². The SMILES string of the molecule is CC(C)C[C@H](C(=O)OC(C)(C)C)C(CCCCCCCCOC1CCCCO1)C(=O)O. The van der Waals surface area contributed by atoms with Gasteiger partial charge in [-0.2, -0.15) is 0 Å². The van der Waals surface area contributed by atoms with E-state index in [9.17, 15) is 14.7 Å². The third-order valence-corrected chi connectivity index (χ3v) is 5.59. The third-order valence-electron chi connectivity index (χ3n) is 5.59. The molecular weight excluding hydrogens is 396 g/mol. The number of carboxylic acid groups (broad SMARTS) is 1. The van der Waals surface area contributed by atoms with E-state index >= 15 is 0 Å². The third kappa shape index (κ3) is 13.1. The Morgan fingerprint density at radius 2 is 1.65 bits per heavy atom. The highest BCUT2D eigenvalue weighted by Crippen LogP contribution is 2.29. The minimum absolute atomic E-state index is 0.00883. The highest BCUT2D eigenvalue weighted by molar-refractivity contribution is 5.81. The van der Waals surface area contributed by atoms with Gasteiger partial charge in [-0.3, -0.25) is 9.59 Å². The van der Waals surface area contributed by atoms with E-state index in [2.05, 4.69) is 0 Å². The number of aliphatic carboxylic acids is 1. The van der Waals surface area contributed by atoms with Crippen molar-refractivity contribution in [2.24, 2.45) is 17.8 Å². The first-order valence-corrected chi connectivity index (χ1v) is 12.3. The molecule has 1 rings (SSSR count). The molecule has 0 spiro atoms. The molecule has 0 aromatic carbocycles. The van der Waals surface area contributed by atoms with E-state index in [1.165, 1.54) is 6.42 Å². The van der Waals surface area contributed by atoms with Gasteiger partial charge in [0.1, 0.15) is 5.60 Å². The van der Waals surface area contributed by atoms with E-state index in [0.29, 0.717) is 12.8 Å². The number of rotatable bonds is 15. The molecule has 182 valence electrons. The summed E-state index contributed by atoms with van der Waals surface area (Å²) in [4.78, 5) is 24.6. The average Bonchev–Trinajstić information content (AvgIpc) is 2.67. The molecule has 0 aromatic rings. The van der Waals surface area contributed by atoms with Crippen molar-refractivity contribution in [2.45, 2.75) is 117 Å². The zero-order valence-electron chi connectivity index (χ0n) is 20.5. The quantitative estimate of drug-likeness (QED) is 0.249. The predicted octanol–water partition coefficient (Wildman–Crippen LogP) is 5.97. The van der Waals surface area contributed by atoms with Crippen LogP contribution in [0.25, 0.3) is 0 Å². The maximum Gasteiger partial charge on any atom is 0.310 e. The normalized spacial score (nSPS) is 19.2. The van der Waals surface area contributed by atoms with Crippen molar-refractivity contribution in [2.75, 3.05) is 13.2 Å². The summed E-state index contributed by atoms with van der Waals surface area (Å²) >= 11 is 0. The van der Waals surface area contributed by atoms with E-state index in [4.69, 9.17) is 14.2 Å². The Kier molecular flexibility index (Phi) is 13.3. The predicted molar refractivity (Wildman–Crippen MR) is 122 cm³/mol. The van der Waals surface area contributed by atoms with Crippen molar-refractivity contribution in [3.8, 4) is 0 Å². The van der Waals surface area contributed by atoms with Gasteiger partial charge in [0.05, 0.1) is 11.8 Å². The van der Waals surface area contributed by atoms with Gasteiger partial charge in [0.15, 0.2) is 6.29 Å². The van der Waals surface area contributed by atoms with Crippen LogP contribution in [0.4, 0.5) is 0 Å². The molecule has 1 heterocycles. The van der Waals surface area contributed by atoms with E-state index in [0.717, 1.165) is 64.6 Å². The van der Waals surface area contributed by atoms with Crippen LogP contribution in [0.1, 0.15) is 105 Å². The van der Waals surface area contributed by atoms with Gasteiger partial charge in [-0.25, -0.2) is 0 Å². The van der Waals surface area contributed by atoms with Crippen LogP contribution in [0, 0.1) is 17.8 Å². The number of hydrogen-bond donors (Lipinski definition) is 1. The fourth-order valence-corrected chi connectivity index (χ4v) is 4.04. The lowest BCUT2D eigenvalue weighted by molar-refractivity contribution is -0.167. The molecule has 0 bridgehead atoms. The number of hydrogen-bond acceptors (Lipinski definition) is 5. The summed E-state index contributed by atoms with van der Waals surface area (Å²) in [5, 5.41) is 9.78. The fourth-order valence-electron chi connectivity index (χ4n) is 4.04. The summed E-state index contributed by atoms with van der Waals surface area (Å²) in [6.07, 6.45) is 10.5. The Morgan fingerprint density at radius 1 is 1.00 bits per heavy atom. The molecule has 0 aliphatic carbocycles. The van der Waals surface area contributed by atoms with Gasteiger partial charge in [0.2, 0.25) is 0 Å². The largest absolute Gasteiger partial charge is 0.481 e. The maximum atomic E-state index is 12.7. The molecule has 0 radical (unpaired) electrons. The molecule has 6 nitrogen and oxygen atoms in total. The topological polar surface area (TPSA) is 82.1 Å². The van der Waals surface area contributed by atoms with Gasteiger partial charge in [-0.15, -0.1) is 0 Å². The molecular formula is C25H46O6. The van der Waals surface area contributed by atoms with Gasteiger partial charge in [-0.05, 0) is 65.2 Å². The zero-order valence-corrected chi connectivity index (χ0v) is 20.5. The van der Waals surface area contributed by atoms with Crippen LogP contribution in [0.3, 0.4) is 0 Å². The van der Waals surface area contributed by atoms with Crippen LogP contribution in [0.15, 0.2) is 0 Å². The molecule has 1 fully saturated rings. The fraction of sp³-hybridized carbons (Fsp3) is 0.920. The summed E-state index contributed by atoms with van der Waals surface area (Å²) in [6, 6.07) is 0. The van der Waals surface area contributed by atoms with Crippen molar-refractivity contribution in [1.29, 1.82) is 0 Å². The van der Waals surface area contributed by atoms with Crippen LogP contribution in [-0.4, -0.2) is 42.1 Å². The monoisotopic (exact) mass is 442 g/mol. The first-order valence-electron chi connectivity index (χ1n) is 12.3. The Hall–Kier alpha value is -1.14. The molecule has 1 N–H and O–H groups in total. The van der Waals surface area contributed by atoms with Crippen molar-refractivity contribution in [1.82, 2.24) is 0 Å². The highest BCUT2D eigenvalue weighted by atomic mass is 16.7. The van der Waals surface area contributed by atoms with Gasteiger partial charge in [0, 0.05) is 13.2 Å². The van der Waals surface area contributed by atoms with E-state index in [1.54, 1.807) is 0 Å². The minimum atomic E-state index is -0.890. The van der Waals surface area contributed by atoms with Gasteiger partial charge < -0.3 is 19.3 Å². The Morgan fingerprint density at radius 3 is 2.19 bits per heavy atom. The summed E-state index contributed by atoms with van der Waals surface area (Å²) in [7, 11) is 0. The number of carboxylic acids is 1. The molecule has 1 aliphatic rings. The number of carbonyl (C=O) groups is 2. The Balaban J connectivity index is 2.30. The van der Waals surface area contributed by atoms with E-state index in [-0.39, 0.29) is 18.2 Å². The standard InChI is InChI=1S/C25H46O6/c1-19(2)18-21(24(28)31-25(3,4)5)20(23(26)27)14-10-8-6-7-9-12-16-29-22-15-11-13-17-30-22/h19-22H,6-18H2,1-5H3,(H,26,27)/t20?,21-,22?/m0/s1. The molecule has 0 amide bonds. The van der Waals surface area contributed by atoms with Crippen molar-refractivity contribution < 1.29 is 28.9 Å². The van der Waals surface area contributed by atoms with Crippen LogP contribution in [0.2, 0.25) is 0 Å². The molecule has 1 saturated heterocycles. The lowest BCUT2D eigenvalue weighted by atomic mass is 9.82. The molecule has 31 heavy (non-hydrogen) atoms. The van der Waals surface area contributed by atoms with E-state index in [1.807, 2.05) is 34.6 Å². The Bertz CT molecular complexity index is 505. The van der Waals surface area contributed by atoms with Crippen molar-refractivity contribution in [3.05, 3.63) is 0 Å². The minimum Gasteiger partial charge on any atom is -0.481 e. The van der Waals surface area contributed by atoms with Crippen LogP contribution in [0.5, 0.6) is 0 Å². The summed E-state index contributed by atoms with van der Waals surface area (Å²) in [5.41, 5.74) is -0.609. The molecule has 0 saturated carbocycles. The maximum absolute atomic E-state index is 12.7. The number of unbranched alkanes of at least 4 members (excludes halogenated alkanes) is 5. The number of carbonyl (C=O) groups excluding carboxylic acids is 1. The summed E-state index contributed by atoms with van der Waals surface area (Å²) < 4.78 is 16.8. The first kappa shape index (κ1) is 27.9. The van der Waals surface area contributed by atoms with Gasteiger partial charge in [-0.1, -0.05) is 46.0 Å². The van der Waals surface area contributed by atoms with E-state index < -0.39 is 23.4 Å². The molecule has 2 unspecified atom stereocenters. The second-order valence-corrected chi connectivity index (χ2v) is 10.3. The van der Waals surface area contributed by atoms with Gasteiger partial charge >= 0.3 is 11.9 Å². The highest BCUT2D eigenvalue weighted by Gasteiger charge is 2.36. The summed E-state index contributed by atoms with van der Waals surface area (Å²) in [5.74, 6) is -2.30. The van der Waals surface area contributed by atoms with Gasteiger partial charge in [0.25, 0.3) is 0 Å². The lowest BCUT2D eigenvalue weighted by Gasteiger charge is -2.28. The number of esters is 1. The Labute approximate surface area is 189 Å². The smallest absolute Gasteiger partial charge is 0.310 e. The molecule has 3 atom stereocenters. The number of ether oxygens (including phenoxy) is 3. The molecule has 0 aromatic heterocycles. The second-order valence-electron chi connectivity index (χ2n) is 10.3. The summed E-state index contributed by atoms with van der Waals surface area (Å²) in [6.45, 7) is 11.0. The van der Waals surface area contributed by atoms with Crippen LogP contribution < -0.4 is 0 Å². The van der Waals surface area contributed by atoms with Crippen LogP contribution in [-0.2, 0) is 23.8 Å². The molecule has 1 aliphatic heterocycles. The lowest BCUT2D eigenvalue weighted by Crippen LogP contribution is -2.36. The van der Waals surface area contributed by atoms with Crippen LogP contribution >= 0.6 is 0 Å². The average molecular weight is 443 g/mol. The van der Waals surface area contributed by atoms with Crippen molar-refractivity contribution >= 4 is 11.9 Å².